The third-order valence-corrected chi connectivity index (χ3v) is 3.36. The van der Waals surface area contributed by atoms with Crippen LogP contribution in [0.4, 0.5) is 0 Å². The number of ether oxygens (including phenoxy) is 1. The van der Waals surface area contributed by atoms with E-state index in [4.69, 9.17) is 10.5 Å². The molecule has 0 bridgehead atoms. The maximum atomic E-state index is 5.76. The highest BCUT2D eigenvalue weighted by atomic mass is 16.5. The van der Waals surface area contributed by atoms with Crippen molar-refractivity contribution in [2.24, 2.45) is 5.73 Å². The Morgan fingerprint density at radius 3 is 2.94 bits per heavy atom. The third kappa shape index (κ3) is 1.98. The summed E-state index contributed by atoms with van der Waals surface area (Å²) in [5.41, 5.74) is 9.97. The van der Waals surface area contributed by atoms with Crippen molar-refractivity contribution >= 4 is 0 Å². The Morgan fingerprint density at radius 2 is 2.25 bits per heavy atom. The Bertz CT molecular complexity index is 409. The molecule has 2 rings (SSSR count). The standard InChI is InChI=1S/C14H19NO/c1-10(9-15)13-5-3-4-11-6-7-12(16-2)8-14(11)13/h3-5,7,10H,6,8-9,15H2,1-2H3/t10-/m0/s1. The Kier molecular flexibility index (Phi) is 3.30. The van der Waals surface area contributed by atoms with Crippen LogP contribution < -0.4 is 5.73 Å². The molecule has 1 aliphatic rings. The number of allylic oxidation sites excluding steroid dienone is 2. The monoisotopic (exact) mass is 217 g/mol. The molecule has 2 N–H and O–H groups in total. The van der Waals surface area contributed by atoms with Gasteiger partial charge in [-0.05, 0) is 41.6 Å². The molecule has 1 atom stereocenters. The Morgan fingerprint density at radius 1 is 1.44 bits per heavy atom. The zero-order valence-corrected chi connectivity index (χ0v) is 9.99. The SMILES string of the molecule is COC1=CCc2cccc([C@@H](C)CN)c2C1. The van der Waals surface area contributed by atoms with E-state index in [1.165, 1.54) is 16.7 Å². The molecule has 0 spiro atoms. The number of fused-ring (bicyclic) bond motifs is 1. The second-order valence-electron chi connectivity index (χ2n) is 4.38. The second-order valence-corrected chi connectivity index (χ2v) is 4.38. The van der Waals surface area contributed by atoms with E-state index >= 15 is 0 Å². The molecule has 2 nitrogen and oxygen atoms in total. The number of hydrogen-bond donors (Lipinski definition) is 1. The van der Waals surface area contributed by atoms with E-state index in [0.29, 0.717) is 12.5 Å². The van der Waals surface area contributed by atoms with E-state index in [9.17, 15) is 0 Å². The molecular weight excluding hydrogens is 198 g/mol. The van der Waals surface area contributed by atoms with Gasteiger partial charge in [0.05, 0.1) is 12.9 Å². The van der Waals surface area contributed by atoms with Crippen LogP contribution in [0.1, 0.15) is 29.5 Å². The first-order valence-corrected chi connectivity index (χ1v) is 5.80. The van der Waals surface area contributed by atoms with Crippen LogP contribution in [0.5, 0.6) is 0 Å². The van der Waals surface area contributed by atoms with Crippen molar-refractivity contribution < 1.29 is 4.74 Å². The summed E-state index contributed by atoms with van der Waals surface area (Å²) in [7, 11) is 1.74. The molecule has 0 saturated heterocycles. The number of nitrogens with two attached hydrogens (primary N) is 1. The molecule has 86 valence electrons. The molecule has 16 heavy (non-hydrogen) atoms. The van der Waals surface area contributed by atoms with Gasteiger partial charge < -0.3 is 10.5 Å². The lowest BCUT2D eigenvalue weighted by Crippen LogP contribution is -2.14. The van der Waals surface area contributed by atoms with Gasteiger partial charge in [0, 0.05) is 6.42 Å². The minimum atomic E-state index is 0.422. The van der Waals surface area contributed by atoms with Crippen LogP contribution >= 0.6 is 0 Å². The van der Waals surface area contributed by atoms with Crippen LogP contribution in [0.3, 0.4) is 0 Å². The lowest BCUT2D eigenvalue weighted by molar-refractivity contribution is 0.279. The van der Waals surface area contributed by atoms with Gasteiger partial charge in [0.15, 0.2) is 0 Å². The topological polar surface area (TPSA) is 35.2 Å². The molecule has 1 aromatic rings. The molecule has 0 amide bonds. The van der Waals surface area contributed by atoms with Crippen molar-refractivity contribution in [3.05, 3.63) is 46.7 Å². The van der Waals surface area contributed by atoms with E-state index in [2.05, 4.69) is 31.2 Å². The quantitative estimate of drug-likeness (QED) is 0.843. The average molecular weight is 217 g/mol. The van der Waals surface area contributed by atoms with E-state index < -0.39 is 0 Å². The fourth-order valence-electron chi connectivity index (χ4n) is 2.28. The summed E-state index contributed by atoms with van der Waals surface area (Å²) in [4.78, 5) is 0. The number of methoxy groups -OCH3 is 1. The Labute approximate surface area is 97.1 Å². The molecule has 0 saturated carbocycles. The highest BCUT2D eigenvalue weighted by Gasteiger charge is 2.17. The number of hydrogen-bond acceptors (Lipinski definition) is 2. The number of benzene rings is 1. The Hall–Kier alpha value is -1.28. The fraction of sp³-hybridized carbons (Fsp3) is 0.429. The predicted molar refractivity (Wildman–Crippen MR) is 66.4 cm³/mol. The van der Waals surface area contributed by atoms with Crippen LogP contribution in [-0.2, 0) is 17.6 Å². The molecule has 0 aromatic heterocycles. The van der Waals surface area contributed by atoms with E-state index in [1.807, 2.05) is 0 Å². The average Bonchev–Trinajstić information content (AvgIpc) is 2.36. The molecule has 0 radical (unpaired) electrons. The summed E-state index contributed by atoms with van der Waals surface area (Å²) in [6, 6.07) is 6.52. The summed E-state index contributed by atoms with van der Waals surface area (Å²) < 4.78 is 5.35. The minimum Gasteiger partial charge on any atom is -0.501 e. The molecule has 0 aliphatic heterocycles. The molecule has 2 heteroatoms. The molecule has 0 unspecified atom stereocenters. The van der Waals surface area contributed by atoms with Gasteiger partial charge in [-0.25, -0.2) is 0 Å². The summed E-state index contributed by atoms with van der Waals surface area (Å²) in [5.74, 6) is 1.50. The van der Waals surface area contributed by atoms with Crippen molar-refractivity contribution in [3.8, 4) is 0 Å². The third-order valence-electron chi connectivity index (χ3n) is 3.36. The van der Waals surface area contributed by atoms with Gasteiger partial charge in [-0.1, -0.05) is 25.1 Å². The normalized spacial score (nSPS) is 16.3. The first-order chi connectivity index (χ1) is 7.76. The van der Waals surface area contributed by atoms with Crippen molar-refractivity contribution in [2.75, 3.05) is 13.7 Å². The smallest absolute Gasteiger partial charge is 0.0963 e. The summed E-state index contributed by atoms with van der Waals surface area (Å²) in [5, 5.41) is 0. The maximum absolute atomic E-state index is 5.76. The summed E-state index contributed by atoms with van der Waals surface area (Å²) in [6.45, 7) is 2.88. The fourth-order valence-corrected chi connectivity index (χ4v) is 2.28. The van der Waals surface area contributed by atoms with Crippen molar-refractivity contribution in [2.45, 2.75) is 25.7 Å². The van der Waals surface area contributed by atoms with Crippen LogP contribution in [0.25, 0.3) is 0 Å². The molecule has 1 aliphatic carbocycles. The van der Waals surface area contributed by atoms with Crippen LogP contribution in [0.15, 0.2) is 30.0 Å². The molecule has 1 aromatic carbocycles. The highest BCUT2D eigenvalue weighted by molar-refractivity contribution is 5.43. The van der Waals surface area contributed by atoms with Crippen molar-refractivity contribution in [1.29, 1.82) is 0 Å². The van der Waals surface area contributed by atoms with Gasteiger partial charge in [-0.15, -0.1) is 0 Å². The van der Waals surface area contributed by atoms with Crippen LogP contribution in [0.2, 0.25) is 0 Å². The van der Waals surface area contributed by atoms with Gasteiger partial charge in [-0.3, -0.25) is 0 Å². The molecular formula is C14H19NO. The second kappa shape index (κ2) is 4.71. The predicted octanol–water partition coefficient (Wildman–Crippen LogP) is 2.38. The van der Waals surface area contributed by atoms with Crippen molar-refractivity contribution in [1.82, 2.24) is 0 Å². The van der Waals surface area contributed by atoms with Gasteiger partial charge in [0.25, 0.3) is 0 Å². The van der Waals surface area contributed by atoms with Crippen LogP contribution in [-0.4, -0.2) is 13.7 Å². The van der Waals surface area contributed by atoms with E-state index in [0.717, 1.165) is 18.6 Å². The van der Waals surface area contributed by atoms with E-state index in [1.54, 1.807) is 7.11 Å². The highest BCUT2D eigenvalue weighted by Crippen LogP contribution is 2.28. The largest absolute Gasteiger partial charge is 0.501 e. The first kappa shape index (κ1) is 11.2. The Balaban J connectivity index is 2.38. The minimum absolute atomic E-state index is 0.422. The molecule has 0 heterocycles. The lowest BCUT2D eigenvalue weighted by atomic mass is 9.86. The summed E-state index contributed by atoms with van der Waals surface area (Å²) >= 11 is 0. The lowest BCUT2D eigenvalue weighted by Gasteiger charge is -2.22. The van der Waals surface area contributed by atoms with Gasteiger partial charge in [0.2, 0.25) is 0 Å². The number of rotatable bonds is 3. The van der Waals surface area contributed by atoms with Gasteiger partial charge in [0.1, 0.15) is 0 Å². The maximum Gasteiger partial charge on any atom is 0.0963 e. The summed E-state index contributed by atoms with van der Waals surface area (Å²) in [6.07, 6.45) is 4.05. The van der Waals surface area contributed by atoms with E-state index in [-0.39, 0.29) is 0 Å². The van der Waals surface area contributed by atoms with Gasteiger partial charge >= 0.3 is 0 Å². The first-order valence-electron chi connectivity index (χ1n) is 5.80. The zero-order chi connectivity index (χ0) is 11.5. The van der Waals surface area contributed by atoms with Crippen LogP contribution in [0, 0.1) is 0 Å². The zero-order valence-electron chi connectivity index (χ0n) is 9.99. The molecule has 0 fully saturated rings. The van der Waals surface area contributed by atoms with Crippen molar-refractivity contribution in [3.63, 3.8) is 0 Å². The van der Waals surface area contributed by atoms with Gasteiger partial charge in [-0.2, -0.15) is 0 Å².